The molecule has 0 aliphatic rings. The van der Waals surface area contributed by atoms with Crippen molar-refractivity contribution in [2.75, 3.05) is 6.54 Å². The number of nitrogens with two attached hydrogens (primary N) is 1. The van der Waals surface area contributed by atoms with Crippen molar-refractivity contribution in [1.29, 1.82) is 0 Å². The molecule has 0 unspecified atom stereocenters. The summed E-state index contributed by atoms with van der Waals surface area (Å²) in [5.41, 5.74) is 6.74. The van der Waals surface area contributed by atoms with Gasteiger partial charge in [0, 0.05) is 31.9 Å². The van der Waals surface area contributed by atoms with Crippen molar-refractivity contribution in [2.45, 2.75) is 39.9 Å². The van der Waals surface area contributed by atoms with Crippen LogP contribution in [0, 0.1) is 0 Å². The lowest BCUT2D eigenvalue weighted by Crippen LogP contribution is -2.40. The molecule has 0 aromatic carbocycles. The van der Waals surface area contributed by atoms with E-state index in [2.05, 4.69) is 5.10 Å². The maximum Gasteiger partial charge on any atom is 0.331 e. The van der Waals surface area contributed by atoms with Crippen molar-refractivity contribution in [3.63, 3.8) is 0 Å². The van der Waals surface area contributed by atoms with Gasteiger partial charge in [-0.05, 0) is 19.4 Å². The fourth-order valence-corrected chi connectivity index (χ4v) is 2.28. The summed E-state index contributed by atoms with van der Waals surface area (Å²) in [6, 6.07) is 3.39. The summed E-state index contributed by atoms with van der Waals surface area (Å²) in [6.07, 6.45) is 2.37. The highest BCUT2D eigenvalue weighted by Gasteiger charge is 2.09. The van der Waals surface area contributed by atoms with E-state index in [1.54, 1.807) is 0 Å². The van der Waals surface area contributed by atoms with Crippen molar-refractivity contribution in [2.24, 2.45) is 5.73 Å². The minimum atomic E-state index is -0.338. The minimum Gasteiger partial charge on any atom is -0.329 e. The Morgan fingerprint density at radius 1 is 1.29 bits per heavy atom. The van der Waals surface area contributed by atoms with Gasteiger partial charge in [-0.2, -0.15) is 5.10 Å². The zero-order chi connectivity index (χ0) is 15.4. The predicted molar refractivity (Wildman–Crippen MR) is 80.4 cm³/mol. The average Bonchev–Trinajstić information content (AvgIpc) is 2.88. The van der Waals surface area contributed by atoms with Gasteiger partial charge in [-0.25, -0.2) is 4.79 Å². The molecule has 0 bridgehead atoms. The highest BCUT2D eigenvalue weighted by Crippen LogP contribution is 2.06. The minimum absolute atomic E-state index is 0.228. The molecule has 0 radical (unpaired) electrons. The molecule has 0 amide bonds. The van der Waals surface area contributed by atoms with Crippen molar-refractivity contribution in [1.82, 2.24) is 18.9 Å². The molecule has 7 heteroatoms. The maximum absolute atomic E-state index is 12.3. The van der Waals surface area contributed by atoms with E-state index in [-0.39, 0.29) is 24.3 Å². The summed E-state index contributed by atoms with van der Waals surface area (Å²) in [4.78, 5) is 24.0. The Morgan fingerprint density at radius 2 is 2.05 bits per heavy atom. The quantitative estimate of drug-likeness (QED) is 0.798. The van der Waals surface area contributed by atoms with Crippen LogP contribution in [0.15, 0.2) is 27.9 Å². The second kappa shape index (κ2) is 6.53. The largest absolute Gasteiger partial charge is 0.331 e. The van der Waals surface area contributed by atoms with Crippen LogP contribution in [0.1, 0.15) is 25.2 Å². The molecule has 2 rings (SSSR count). The van der Waals surface area contributed by atoms with E-state index in [0.29, 0.717) is 6.54 Å². The summed E-state index contributed by atoms with van der Waals surface area (Å²) in [5, 5.41) is 4.46. The molecule has 7 nitrogen and oxygen atoms in total. The molecule has 0 aliphatic heterocycles. The van der Waals surface area contributed by atoms with Crippen LogP contribution in [-0.2, 0) is 26.1 Å². The third kappa shape index (κ3) is 3.13. The molecule has 0 saturated carbocycles. The Hall–Kier alpha value is -2.15. The van der Waals surface area contributed by atoms with Gasteiger partial charge in [0.25, 0.3) is 5.56 Å². The van der Waals surface area contributed by atoms with Crippen LogP contribution in [0.25, 0.3) is 0 Å². The van der Waals surface area contributed by atoms with E-state index in [0.717, 1.165) is 28.9 Å². The highest BCUT2D eigenvalue weighted by atomic mass is 16.2. The van der Waals surface area contributed by atoms with Crippen LogP contribution in [0.3, 0.4) is 0 Å². The molecule has 2 N–H and O–H groups in total. The van der Waals surface area contributed by atoms with E-state index in [9.17, 15) is 9.59 Å². The summed E-state index contributed by atoms with van der Waals surface area (Å²) >= 11 is 0. The first-order valence-corrected chi connectivity index (χ1v) is 7.16. The third-order valence-corrected chi connectivity index (χ3v) is 3.40. The van der Waals surface area contributed by atoms with Gasteiger partial charge in [-0.1, -0.05) is 6.92 Å². The molecular weight excluding hydrogens is 270 g/mol. The SMILES string of the molecule is CCc1cc(Cn2ccc(=O)n(CCN)c2=O)n(CC)n1. The molecular formula is C14H21N5O2. The molecule has 2 aromatic rings. The van der Waals surface area contributed by atoms with Gasteiger partial charge in [0.2, 0.25) is 0 Å². The molecule has 114 valence electrons. The first-order chi connectivity index (χ1) is 10.1. The van der Waals surface area contributed by atoms with Crippen LogP contribution in [0.5, 0.6) is 0 Å². The summed E-state index contributed by atoms with van der Waals surface area (Å²) in [5.74, 6) is 0. The van der Waals surface area contributed by atoms with E-state index >= 15 is 0 Å². The third-order valence-electron chi connectivity index (χ3n) is 3.40. The molecule has 0 atom stereocenters. The van der Waals surface area contributed by atoms with Crippen molar-refractivity contribution in [3.8, 4) is 0 Å². The maximum atomic E-state index is 12.3. The normalized spacial score (nSPS) is 11.0. The van der Waals surface area contributed by atoms with Crippen LogP contribution in [0.2, 0.25) is 0 Å². The first-order valence-electron chi connectivity index (χ1n) is 7.16. The van der Waals surface area contributed by atoms with E-state index in [4.69, 9.17) is 5.73 Å². The fraction of sp³-hybridized carbons (Fsp3) is 0.500. The lowest BCUT2D eigenvalue weighted by molar-refractivity contribution is 0.548. The van der Waals surface area contributed by atoms with Crippen molar-refractivity contribution < 1.29 is 0 Å². The van der Waals surface area contributed by atoms with Gasteiger partial charge in [-0.15, -0.1) is 0 Å². The summed E-state index contributed by atoms with van der Waals surface area (Å²) in [7, 11) is 0. The Morgan fingerprint density at radius 3 is 2.67 bits per heavy atom. The van der Waals surface area contributed by atoms with Crippen molar-refractivity contribution >= 4 is 0 Å². The number of rotatable bonds is 6. The van der Waals surface area contributed by atoms with Gasteiger partial charge in [0.1, 0.15) is 0 Å². The second-order valence-electron chi connectivity index (χ2n) is 4.80. The smallest absolute Gasteiger partial charge is 0.329 e. The molecule has 2 heterocycles. The summed E-state index contributed by atoms with van der Waals surface area (Å²) in [6.45, 7) is 5.67. The van der Waals surface area contributed by atoms with Gasteiger partial charge in [0.15, 0.2) is 0 Å². The molecule has 0 spiro atoms. The van der Waals surface area contributed by atoms with Crippen LogP contribution < -0.4 is 17.0 Å². The molecule has 2 aromatic heterocycles. The van der Waals surface area contributed by atoms with Gasteiger partial charge >= 0.3 is 5.69 Å². The first kappa shape index (κ1) is 15.2. The second-order valence-corrected chi connectivity index (χ2v) is 4.80. The van der Waals surface area contributed by atoms with Crippen LogP contribution in [-0.4, -0.2) is 25.5 Å². The lowest BCUT2D eigenvalue weighted by Gasteiger charge is -2.10. The lowest BCUT2D eigenvalue weighted by atomic mass is 10.3. The van der Waals surface area contributed by atoms with Gasteiger partial charge in [-0.3, -0.25) is 18.6 Å². The van der Waals surface area contributed by atoms with E-state index < -0.39 is 0 Å². The van der Waals surface area contributed by atoms with Gasteiger partial charge < -0.3 is 5.73 Å². The molecule has 0 fully saturated rings. The Labute approximate surface area is 122 Å². The zero-order valence-corrected chi connectivity index (χ0v) is 12.5. The Balaban J connectivity index is 2.40. The molecule has 0 aliphatic carbocycles. The van der Waals surface area contributed by atoms with Crippen LogP contribution in [0.4, 0.5) is 0 Å². The number of nitrogens with zero attached hydrogens (tertiary/aromatic N) is 4. The Kier molecular flexibility index (Phi) is 4.74. The Bertz CT molecular complexity index is 726. The topological polar surface area (TPSA) is 87.8 Å². The number of aromatic nitrogens is 4. The van der Waals surface area contributed by atoms with Crippen LogP contribution >= 0.6 is 0 Å². The number of aryl methyl sites for hydroxylation is 2. The average molecular weight is 291 g/mol. The van der Waals surface area contributed by atoms with Gasteiger partial charge in [0.05, 0.1) is 17.9 Å². The predicted octanol–water partition coefficient (Wildman–Crippen LogP) is -0.204. The highest BCUT2D eigenvalue weighted by molar-refractivity contribution is 5.11. The van der Waals surface area contributed by atoms with E-state index in [1.807, 2.05) is 24.6 Å². The molecule has 0 saturated heterocycles. The van der Waals surface area contributed by atoms with E-state index in [1.165, 1.54) is 16.8 Å². The number of hydrogen-bond donors (Lipinski definition) is 1. The zero-order valence-electron chi connectivity index (χ0n) is 12.5. The standard InChI is InChI=1S/C14H21N5O2/c1-3-11-9-12(19(4-2)16-11)10-17-7-5-13(20)18(8-6-15)14(17)21/h5,7,9H,3-4,6,8,10,15H2,1-2H3. The monoisotopic (exact) mass is 291 g/mol. The number of hydrogen-bond acceptors (Lipinski definition) is 4. The fourth-order valence-electron chi connectivity index (χ4n) is 2.28. The molecule has 21 heavy (non-hydrogen) atoms. The summed E-state index contributed by atoms with van der Waals surface area (Å²) < 4.78 is 4.55. The van der Waals surface area contributed by atoms with Crippen molar-refractivity contribution in [3.05, 3.63) is 50.6 Å².